The first-order chi connectivity index (χ1) is 16.0. The molecule has 0 aliphatic heterocycles. The standard InChI is InChI=1S/C22H21ClF3N5O2S/c1-3-30-18(11-27-20(33)15-7-5-4-6-13(15)2)29-31(21(30)34)12-19(32)28-17-10-14(22(24,25)26)8-9-16(17)23/h4-10H,3,11-12H2,1-2H3,(H,27,33)(H,28,32). The van der Waals surface area contributed by atoms with E-state index < -0.39 is 17.6 Å². The summed E-state index contributed by atoms with van der Waals surface area (Å²) in [7, 11) is 0. The minimum Gasteiger partial charge on any atom is -0.345 e. The average Bonchev–Trinajstić information content (AvgIpc) is 3.07. The van der Waals surface area contributed by atoms with Crippen LogP contribution in [0.2, 0.25) is 5.02 Å². The predicted molar refractivity (Wildman–Crippen MR) is 124 cm³/mol. The number of alkyl halides is 3. The van der Waals surface area contributed by atoms with Gasteiger partial charge in [0, 0.05) is 12.1 Å². The third kappa shape index (κ3) is 5.84. The van der Waals surface area contributed by atoms with Gasteiger partial charge in [0.05, 0.1) is 22.8 Å². The molecular formula is C22H21ClF3N5O2S. The third-order valence-corrected chi connectivity index (χ3v) is 5.73. The van der Waals surface area contributed by atoms with Gasteiger partial charge in [-0.05, 0) is 55.9 Å². The summed E-state index contributed by atoms with van der Waals surface area (Å²) in [5, 5.41) is 9.43. The molecular weight excluding hydrogens is 491 g/mol. The van der Waals surface area contributed by atoms with Gasteiger partial charge in [0.25, 0.3) is 5.91 Å². The van der Waals surface area contributed by atoms with E-state index in [0.29, 0.717) is 17.9 Å². The van der Waals surface area contributed by atoms with Gasteiger partial charge in [-0.15, -0.1) is 0 Å². The number of nitrogens with one attached hydrogen (secondary N) is 2. The first-order valence-electron chi connectivity index (χ1n) is 10.2. The second-order valence-corrected chi connectivity index (χ2v) is 8.11. The molecule has 0 bridgehead atoms. The smallest absolute Gasteiger partial charge is 0.345 e. The number of nitrogens with zero attached hydrogens (tertiary/aromatic N) is 3. The molecule has 0 radical (unpaired) electrons. The summed E-state index contributed by atoms with van der Waals surface area (Å²) in [5.74, 6) is -0.508. The molecule has 0 atom stereocenters. The van der Waals surface area contributed by atoms with Crippen LogP contribution in [0.25, 0.3) is 0 Å². The lowest BCUT2D eigenvalue weighted by atomic mass is 10.1. The van der Waals surface area contributed by atoms with Crippen LogP contribution in [-0.4, -0.2) is 26.2 Å². The normalized spacial score (nSPS) is 11.4. The Kier molecular flexibility index (Phi) is 7.78. The zero-order valence-corrected chi connectivity index (χ0v) is 19.8. The van der Waals surface area contributed by atoms with Crippen LogP contribution >= 0.6 is 23.8 Å². The van der Waals surface area contributed by atoms with Crippen LogP contribution in [0.4, 0.5) is 18.9 Å². The molecule has 1 aromatic heterocycles. The van der Waals surface area contributed by atoms with Gasteiger partial charge in [-0.25, -0.2) is 4.68 Å². The molecule has 0 spiro atoms. The van der Waals surface area contributed by atoms with Crippen LogP contribution in [0.3, 0.4) is 0 Å². The van der Waals surface area contributed by atoms with E-state index in [9.17, 15) is 22.8 Å². The van der Waals surface area contributed by atoms with E-state index in [2.05, 4.69) is 15.7 Å². The second-order valence-electron chi connectivity index (χ2n) is 7.34. The van der Waals surface area contributed by atoms with Crippen LogP contribution in [0, 0.1) is 11.7 Å². The van der Waals surface area contributed by atoms with Crippen molar-refractivity contribution in [2.24, 2.45) is 0 Å². The number of aromatic nitrogens is 3. The summed E-state index contributed by atoms with van der Waals surface area (Å²) < 4.78 is 42.0. The molecule has 0 aliphatic carbocycles. The number of rotatable bonds is 7. The highest BCUT2D eigenvalue weighted by Gasteiger charge is 2.31. The van der Waals surface area contributed by atoms with Crippen molar-refractivity contribution >= 4 is 41.3 Å². The Morgan fingerprint density at radius 1 is 1.18 bits per heavy atom. The third-order valence-electron chi connectivity index (χ3n) is 4.97. The topological polar surface area (TPSA) is 81.0 Å². The molecule has 0 saturated carbocycles. The van der Waals surface area contributed by atoms with E-state index in [1.165, 1.54) is 4.68 Å². The quantitative estimate of drug-likeness (QED) is 0.438. The van der Waals surface area contributed by atoms with Gasteiger partial charge in [-0.3, -0.25) is 9.59 Å². The fourth-order valence-electron chi connectivity index (χ4n) is 3.24. The van der Waals surface area contributed by atoms with Crippen molar-refractivity contribution in [1.29, 1.82) is 0 Å². The highest BCUT2D eigenvalue weighted by molar-refractivity contribution is 7.71. The highest BCUT2D eigenvalue weighted by atomic mass is 35.5. The number of benzene rings is 2. The molecule has 3 aromatic rings. The minimum absolute atomic E-state index is 0.0383. The van der Waals surface area contributed by atoms with Crippen LogP contribution in [-0.2, 0) is 30.6 Å². The lowest BCUT2D eigenvalue weighted by Crippen LogP contribution is -2.25. The van der Waals surface area contributed by atoms with Crippen molar-refractivity contribution in [3.63, 3.8) is 0 Å². The largest absolute Gasteiger partial charge is 0.416 e. The molecule has 0 unspecified atom stereocenters. The van der Waals surface area contributed by atoms with Gasteiger partial charge in [0.2, 0.25) is 5.91 Å². The molecule has 2 amide bonds. The minimum atomic E-state index is -4.58. The number of carbonyl (C=O) groups is 2. The maximum Gasteiger partial charge on any atom is 0.416 e. The van der Waals surface area contributed by atoms with Crippen molar-refractivity contribution < 1.29 is 22.8 Å². The molecule has 180 valence electrons. The molecule has 3 rings (SSSR count). The summed E-state index contributed by atoms with van der Waals surface area (Å²) in [5.41, 5.74) is 0.239. The number of hydrogen-bond acceptors (Lipinski definition) is 4. The number of carbonyl (C=O) groups excluding carboxylic acids is 2. The van der Waals surface area contributed by atoms with Gasteiger partial charge in [-0.2, -0.15) is 18.3 Å². The van der Waals surface area contributed by atoms with Crippen LogP contribution < -0.4 is 10.6 Å². The SMILES string of the molecule is CCn1c(CNC(=O)c2ccccc2C)nn(CC(=O)Nc2cc(C(F)(F)F)ccc2Cl)c1=S. The lowest BCUT2D eigenvalue weighted by molar-refractivity contribution is -0.137. The Bertz CT molecular complexity index is 1290. The molecule has 12 heteroatoms. The highest BCUT2D eigenvalue weighted by Crippen LogP contribution is 2.33. The maximum atomic E-state index is 13.0. The fourth-order valence-corrected chi connectivity index (χ4v) is 3.75. The first kappa shape index (κ1) is 25.4. The summed E-state index contributed by atoms with van der Waals surface area (Å²) in [4.78, 5) is 25.0. The molecule has 2 N–H and O–H groups in total. The van der Waals surface area contributed by atoms with Crippen molar-refractivity contribution in [3.05, 3.63) is 74.8 Å². The van der Waals surface area contributed by atoms with E-state index in [4.69, 9.17) is 23.8 Å². The molecule has 1 heterocycles. The first-order valence-corrected chi connectivity index (χ1v) is 11.0. The molecule has 0 saturated heterocycles. The molecule has 34 heavy (non-hydrogen) atoms. The van der Waals surface area contributed by atoms with Gasteiger partial charge in [0.1, 0.15) is 6.54 Å². The Morgan fingerprint density at radius 3 is 2.53 bits per heavy atom. The number of hydrogen-bond donors (Lipinski definition) is 2. The van der Waals surface area contributed by atoms with Crippen molar-refractivity contribution in [1.82, 2.24) is 19.7 Å². The van der Waals surface area contributed by atoms with Crippen molar-refractivity contribution in [2.45, 2.75) is 39.7 Å². The Balaban J connectivity index is 1.74. The lowest BCUT2D eigenvalue weighted by Gasteiger charge is -2.11. The monoisotopic (exact) mass is 511 g/mol. The van der Waals surface area contributed by atoms with Crippen LogP contribution in [0.15, 0.2) is 42.5 Å². The predicted octanol–water partition coefficient (Wildman–Crippen LogP) is 4.98. The molecule has 7 nitrogen and oxygen atoms in total. The zero-order chi connectivity index (χ0) is 25.0. The zero-order valence-electron chi connectivity index (χ0n) is 18.2. The number of halogens is 4. The second kappa shape index (κ2) is 10.4. The van der Waals surface area contributed by atoms with Crippen LogP contribution in [0.1, 0.15) is 34.2 Å². The van der Waals surface area contributed by atoms with E-state index in [-0.39, 0.29) is 34.5 Å². The van der Waals surface area contributed by atoms with E-state index in [1.807, 2.05) is 26.0 Å². The fraction of sp³-hybridized carbons (Fsp3) is 0.273. The number of amides is 2. The van der Waals surface area contributed by atoms with Crippen molar-refractivity contribution in [3.8, 4) is 0 Å². The van der Waals surface area contributed by atoms with E-state index >= 15 is 0 Å². The number of aryl methyl sites for hydroxylation is 1. The Hall–Kier alpha value is -3.18. The maximum absolute atomic E-state index is 13.0. The van der Waals surface area contributed by atoms with Gasteiger partial charge < -0.3 is 15.2 Å². The summed E-state index contributed by atoms with van der Waals surface area (Å²) >= 11 is 11.3. The van der Waals surface area contributed by atoms with Gasteiger partial charge >= 0.3 is 6.18 Å². The summed E-state index contributed by atoms with van der Waals surface area (Å²) in [6, 6.07) is 9.78. The van der Waals surface area contributed by atoms with Crippen LogP contribution in [0.5, 0.6) is 0 Å². The van der Waals surface area contributed by atoms with Gasteiger partial charge in [-0.1, -0.05) is 29.8 Å². The average molecular weight is 512 g/mol. The van der Waals surface area contributed by atoms with E-state index in [1.54, 1.807) is 16.7 Å². The Labute approximate surface area is 203 Å². The summed E-state index contributed by atoms with van der Waals surface area (Å²) in [6.45, 7) is 3.81. The molecule has 0 fully saturated rings. The van der Waals surface area contributed by atoms with Crippen molar-refractivity contribution in [2.75, 3.05) is 5.32 Å². The van der Waals surface area contributed by atoms with Gasteiger partial charge in [0.15, 0.2) is 10.6 Å². The summed E-state index contributed by atoms with van der Waals surface area (Å²) in [6.07, 6.45) is -4.58. The number of anilines is 1. The Morgan fingerprint density at radius 2 is 1.88 bits per heavy atom. The van der Waals surface area contributed by atoms with E-state index in [0.717, 1.165) is 23.8 Å². The molecule has 2 aromatic carbocycles. The molecule has 0 aliphatic rings.